The zero-order valence-corrected chi connectivity index (χ0v) is 15.0. The summed E-state index contributed by atoms with van der Waals surface area (Å²) in [6.07, 6.45) is -0.452. The van der Waals surface area contributed by atoms with Gasteiger partial charge in [0.05, 0.1) is 19.8 Å². The first-order chi connectivity index (χ1) is 12.4. The first-order valence-corrected chi connectivity index (χ1v) is 8.59. The van der Waals surface area contributed by atoms with Crippen LogP contribution in [0.4, 0.5) is 14.0 Å². The highest BCUT2D eigenvalue weighted by atomic mass is 19.1. The Hall–Kier alpha value is -2.35. The zero-order valence-electron chi connectivity index (χ0n) is 15.0. The van der Waals surface area contributed by atoms with Crippen molar-refractivity contribution in [2.75, 3.05) is 33.4 Å². The second kappa shape index (κ2) is 9.38. The molecule has 0 aliphatic carbocycles. The van der Waals surface area contributed by atoms with Crippen LogP contribution in [-0.2, 0) is 9.47 Å². The van der Waals surface area contributed by atoms with E-state index in [0.717, 1.165) is 18.4 Å². The summed E-state index contributed by atoms with van der Waals surface area (Å²) in [5.41, 5.74) is 1.59. The molecular formula is C18H25FN2O5. The fraction of sp³-hybridized carbons (Fsp3) is 0.556. The number of aryl methyl sites for hydroxylation is 1. The molecule has 0 spiro atoms. The van der Waals surface area contributed by atoms with Crippen molar-refractivity contribution in [3.8, 4) is 0 Å². The fourth-order valence-corrected chi connectivity index (χ4v) is 3.24. The predicted octanol–water partition coefficient (Wildman–Crippen LogP) is 2.94. The Bertz CT molecular complexity index is 640. The van der Waals surface area contributed by atoms with Gasteiger partial charge in [-0.3, -0.25) is 0 Å². The molecule has 0 radical (unpaired) electrons. The van der Waals surface area contributed by atoms with Gasteiger partial charge in [-0.15, -0.1) is 0 Å². The lowest BCUT2D eigenvalue weighted by molar-refractivity contribution is -0.0121. The normalized spacial score (nSPS) is 18.3. The van der Waals surface area contributed by atoms with Crippen LogP contribution in [0, 0.1) is 18.7 Å². The Morgan fingerprint density at radius 3 is 2.92 bits per heavy atom. The third-order valence-electron chi connectivity index (χ3n) is 4.56. The van der Waals surface area contributed by atoms with E-state index in [2.05, 4.69) is 10.1 Å². The number of rotatable bonds is 6. The van der Waals surface area contributed by atoms with Crippen molar-refractivity contribution in [2.24, 2.45) is 5.92 Å². The maximum absolute atomic E-state index is 13.8. The molecule has 0 bridgehead atoms. The average molecular weight is 368 g/mol. The molecular weight excluding hydrogens is 343 g/mol. The molecule has 1 aliphatic heterocycles. The molecule has 1 aromatic carbocycles. The van der Waals surface area contributed by atoms with Crippen LogP contribution in [0.1, 0.15) is 30.1 Å². The van der Waals surface area contributed by atoms with Crippen molar-refractivity contribution in [3.63, 3.8) is 0 Å². The van der Waals surface area contributed by atoms with E-state index in [-0.39, 0.29) is 24.9 Å². The van der Waals surface area contributed by atoms with Crippen molar-refractivity contribution < 1.29 is 28.6 Å². The zero-order chi connectivity index (χ0) is 19.1. The van der Waals surface area contributed by atoms with Crippen LogP contribution in [-0.4, -0.2) is 55.5 Å². The Morgan fingerprint density at radius 1 is 1.46 bits per heavy atom. The van der Waals surface area contributed by atoms with Gasteiger partial charge in [-0.1, -0.05) is 6.07 Å². The predicted molar refractivity (Wildman–Crippen MR) is 92.6 cm³/mol. The number of carbonyl (C=O) groups excluding carboxylic acids is 1. The molecule has 7 nitrogen and oxygen atoms in total. The highest BCUT2D eigenvalue weighted by Crippen LogP contribution is 2.34. The number of halogens is 1. The van der Waals surface area contributed by atoms with Gasteiger partial charge in [0.2, 0.25) is 0 Å². The summed E-state index contributed by atoms with van der Waals surface area (Å²) in [6.45, 7) is 3.15. The number of carboxylic acid groups (broad SMARTS) is 1. The first-order valence-electron chi connectivity index (χ1n) is 8.59. The van der Waals surface area contributed by atoms with Gasteiger partial charge in [-0.05, 0) is 43.0 Å². The minimum atomic E-state index is -0.961. The topological polar surface area (TPSA) is 88.1 Å². The maximum Gasteiger partial charge on any atom is 0.407 e. The summed E-state index contributed by atoms with van der Waals surface area (Å²) in [5.74, 6) is -0.448. The molecule has 1 aromatic rings. The Kier molecular flexibility index (Phi) is 7.20. The lowest BCUT2D eigenvalue weighted by atomic mass is 9.86. The second-order valence-corrected chi connectivity index (χ2v) is 6.34. The fourth-order valence-electron chi connectivity index (χ4n) is 3.24. The van der Waals surface area contributed by atoms with E-state index in [0.29, 0.717) is 18.7 Å². The number of ether oxygens (including phenoxy) is 2. The van der Waals surface area contributed by atoms with Crippen LogP contribution >= 0.6 is 0 Å². The number of nitrogens with one attached hydrogen (secondary N) is 1. The van der Waals surface area contributed by atoms with Crippen molar-refractivity contribution >= 4 is 12.2 Å². The van der Waals surface area contributed by atoms with Crippen LogP contribution in [0.3, 0.4) is 0 Å². The third kappa shape index (κ3) is 5.32. The molecule has 2 N–H and O–H groups in total. The van der Waals surface area contributed by atoms with Crippen molar-refractivity contribution in [3.05, 3.63) is 35.1 Å². The maximum atomic E-state index is 13.8. The number of methoxy groups -OCH3 is 1. The van der Waals surface area contributed by atoms with E-state index >= 15 is 0 Å². The highest BCUT2D eigenvalue weighted by Gasteiger charge is 2.32. The van der Waals surface area contributed by atoms with E-state index < -0.39 is 18.3 Å². The molecule has 0 aromatic heterocycles. The monoisotopic (exact) mass is 368 g/mol. The van der Waals surface area contributed by atoms with Gasteiger partial charge < -0.3 is 24.8 Å². The molecule has 1 unspecified atom stereocenters. The van der Waals surface area contributed by atoms with E-state index in [9.17, 15) is 19.1 Å². The van der Waals surface area contributed by atoms with Gasteiger partial charge >= 0.3 is 12.2 Å². The van der Waals surface area contributed by atoms with Gasteiger partial charge in [-0.2, -0.15) is 0 Å². The van der Waals surface area contributed by atoms with E-state index in [4.69, 9.17) is 4.74 Å². The second-order valence-electron chi connectivity index (χ2n) is 6.34. The molecule has 26 heavy (non-hydrogen) atoms. The van der Waals surface area contributed by atoms with Crippen LogP contribution in [0.5, 0.6) is 0 Å². The van der Waals surface area contributed by atoms with Gasteiger partial charge in [-0.25, -0.2) is 14.0 Å². The summed E-state index contributed by atoms with van der Waals surface area (Å²) in [4.78, 5) is 23.8. The van der Waals surface area contributed by atoms with E-state index in [1.807, 2.05) is 6.92 Å². The van der Waals surface area contributed by atoms with E-state index in [1.54, 1.807) is 6.07 Å². The van der Waals surface area contributed by atoms with Crippen LogP contribution in [0.2, 0.25) is 0 Å². The molecule has 144 valence electrons. The molecule has 8 heteroatoms. The number of amides is 2. The molecule has 1 saturated heterocycles. The summed E-state index contributed by atoms with van der Waals surface area (Å²) in [5, 5.41) is 11.8. The minimum Gasteiger partial charge on any atom is -0.465 e. The molecule has 1 heterocycles. The van der Waals surface area contributed by atoms with Crippen LogP contribution < -0.4 is 5.32 Å². The van der Waals surface area contributed by atoms with Crippen molar-refractivity contribution in [1.82, 2.24) is 10.2 Å². The van der Waals surface area contributed by atoms with Crippen molar-refractivity contribution in [2.45, 2.75) is 25.9 Å². The van der Waals surface area contributed by atoms with Crippen LogP contribution in [0.25, 0.3) is 0 Å². The van der Waals surface area contributed by atoms with Gasteiger partial charge in [0.25, 0.3) is 0 Å². The lowest BCUT2D eigenvalue weighted by Gasteiger charge is -2.36. The standard InChI is InChI=1S/C18H25FN2O5/c1-12-5-6-14(19)10-15(12)16(26-9-7-20-17(22)25-2)13-4-3-8-21(11-13)18(23)24/h5-6,10,13,16H,3-4,7-9,11H2,1-2H3,(H,20,22)(H,23,24)/t13?,16-/m1/s1. The Labute approximate surface area is 152 Å². The molecule has 2 rings (SSSR count). The molecule has 2 atom stereocenters. The number of nitrogens with zero attached hydrogens (tertiary/aromatic N) is 1. The van der Waals surface area contributed by atoms with Crippen molar-refractivity contribution in [1.29, 1.82) is 0 Å². The quantitative estimate of drug-likeness (QED) is 0.754. The van der Waals surface area contributed by atoms with E-state index in [1.165, 1.54) is 24.1 Å². The molecule has 1 aliphatic rings. The number of benzene rings is 1. The summed E-state index contributed by atoms with van der Waals surface area (Å²) in [7, 11) is 1.28. The Balaban J connectivity index is 2.14. The minimum absolute atomic E-state index is 0.0847. The number of hydrogen-bond donors (Lipinski definition) is 2. The molecule has 1 fully saturated rings. The van der Waals surface area contributed by atoms with Gasteiger partial charge in [0.1, 0.15) is 5.82 Å². The molecule has 0 saturated carbocycles. The SMILES string of the molecule is COC(=O)NCCO[C@@H](c1cc(F)ccc1C)C1CCCN(C(=O)O)C1. The van der Waals surface area contributed by atoms with Gasteiger partial charge in [0.15, 0.2) is 0 Å². The smallest absolute Gasteiger partial charge is 0.407 e. The third-order valence-corrected chi connectivity index (χ3v) is 4.56. The largest absolute Gasteiger partial charge is 0.465 e. The number of likely N-dealkylation sites (tertiary alicyclic amines) is 1. The molecule has 2 amide bonds. The highest BCUT2D eigenvalue weighted by molar-refractivity contribution is 5.66. The Morgan fingerprint density at radius 2 is 2.23 bits per heavy atom. The average Bonchev–Trinajstić information content (AvgIpc) is 2.64. The summed E-state index contributed by atoms with van der Waals surface area (Å²) in [6, 6.07) is 4.51. The number of carbonyl (C=O) groups is 2. The first kappa shape index (κ1) is 20.0. The number of piperidine rings is 1. The lowest BCUT2D eigenvalue weighted by Crippen LogP contribution is -2.41. The summed E-state index contributed by atoms with van der Waals surface area (Å²) >= 11 is 0. The van der Waals surface area contributed by atoms with Gasteiger partial charge in [0, 0.05) is 25.6 Å². The number of hydrogen-bond acceptors (Lipinski definition) is 4. The van der Waals surface area contributed by atoms with Crippen LogP contribution in [0.15, 0.2) is 18.2 Å². The number of alkyl carbamates (subject to hydrolysis) is 1. The summed E-state index contributed by atoms with van der Waals surface area (Å²) < 4.78 is 24.3.